The summed E-state index contributed by atoms with van der Waals surface area (Å²) in [6.07, 6.45) is 1.74. The van der Waals surface area contributed by atoms with Gasteiger partial charge >= 0.3 is 0 Å². The van der Waals surface area contributed by atoms with E-state index in [1.54, 1.807) is 6.20 Å². The fourth-order valence-electron chi connectivity index (χ4n) is 1.88. The van der Waals surface area contributed by atoms with Gasteiger partial charge in [-0.2, -0.15) is 0 Å². The van der Waals surface area contributed by atoms with Crippen LogP contribution in [0.4, 0.5) is 5.82 Å². The van der Waals surface area contributed by atoms with E-state index in [2.05, 4.69) is 53.1 Å². The number of aromatic nitrogens is 1. The number of nitrogens with zero attached hydrogens (tertiary/aromatic N) is 1. The smallest absolute Gasteiger partial charge is 0.145 e. The second kappa shape index (κ2) is 5.59. The third-order valence-corrected chi connectivity index (χ3v) is 4.41. The maximum Gasteiger partial charge on any atom is 0.145 e. The topological polar surface area (TPSA) is 24.9 Å². The predicted molar refractivity (Wildman–Crippen MR) is 82.8 cm³/mol. The molecule has 2 aromatic heterocycles. The van der Waals surface area contributed by atoms with Crippen molar-refractivity contribution in [2.45, 2.75) is 26.8 Å². The molecule has 0 amide bonds. The SMILES string of the molecule is Cc1cc(C(C)Nc2ncc(Br)cc2Cl)c(C)s1. The molecule has 0 saturated carbocycles. The van der Waals surface area contributed by atoms with Crippen LogP contribution in [-0.2, 0) is 0 Å². The van der Waals surface area contributed by atoms with Crippen LogP contribution in [0.25, 0.3) is 0 Å². The monoisotopic (exact) mass is 344 g/mol. The lowest BCUT2D eigenvalue weighted by atomic mass is 10.1. The molecular formula is C13H14BrClN2S. The Balaban J connectivity index is 2.21. The molecule has 0 aliphatic carbocycles. The Labute approximate surface area is 125 Å². The molecule has 2 aromatic rings. The number of halogens is 2. The van der Waals surface area contributed by atoms with Crippen LogP contribution in [0, 0.1) is 13.8 Å². The molecule has 0 saturated heterocycles. The summed E-state index contributed by atoms with van der Waals surface area (Å²) in [4.78, 5) is 6.95. The highest BCUT2D eigenvalue weighted by molar-refractivity contribution is 9.10. The van der Waals surface area contributed by atoms with E-state index in [4.69, 9.17) is 11.6 Å². The van der Waals surface area contributed by atoms with Gasteiger partial charge in [0.2, 0.25) is 0 Å². The van der Waals surface area contributed by atoms with Gasteiger partial charge in [0.15, 0.2) is 0 Å². The van der Waals surface area contributed by atoms with Crippen LogP contribution in [0.15, 0.2) is 22.8 Å². The van der Waals surface area contributed by atoms with Crippen LogP contribution in [0.2, 0.25) is 5.02 Å². The number of thiophene rings is 1. The van der Waals surface area contributed by atoms with Crippen LogP contribution in [0.1, 0.15) is 28.3 Å². The van der Waals surface area contributed by atoms with E-state index in [0.717, 1.165) is 10.3 Å². The summed E-state index contributed by atoms with van der Waals surface area (Å²) >= 11 is 11.3. The minimum absolute atomic E-state index is 0.195. The van der Waals surface area contributed by atoms with Crippen molar-refractivity contribution in [3.8, 4) is 0 Å². The highest BCUT2D eigenvalue weighted by Crippen LogP contribution is 2.30. The fourth-order valence-corrected chi connectivity index (χ4v) is 3.59. The fraction of sp³-hybridized carbons (Fsp3) is 0.308. The van der Waals surface area contributed by atoms with E-state index in [9.17, 15) is 0 Å². The number of nitrogens with one attached hydrogen (secondary N) is 1. The van der Waals surface area contributed by atoms with Crippen molar-refractivity contribution in [3.63, 3.8) is 0 Å². The quantitative estimate of drug-likeness (QED) is 0.811. The van der Waals surface area contributed by atoms with Crippen LogP contribution in [0.5, 0.6) is 0 Å². The number of hydrogen-bond acceptors (Lipinski definition) is 3. The molecular weight excluding hydrogens is 332 g/mol. The third kappa shape index (κ3) is 3.05. The molecule has 0 aromatic carbocycles. The molecule has 0 radical (unpaired) electrons. The standard InChI is InChI=1S/C13H14BrClN2S/c1-7-4-11(9(3)18-7)8(2)17-13-12(15)5-10(14)6-16-13/h4-6,8H,1-3H3,(H,16,17). The van der Waals surface area contributed by atoms with Crippen molar-refractivity contribution in [3.05, 3.63) is 43.1 Å². The molecule has 5 heteroatoms. The molecule has 1 N–H and O–H groups in total. The van der Waals surface area contributed by atoms with Gasteiger partial charge in [0, 0.05) is 20.4 Å². The average molecular weight is 346 g/mol. The normalized spacial score (nSPS) is 12.5. The predicted octanol–water partition coefficient (Wildman–Crippen LogP) is 5.35. The summed E-state index contributed by atoms with van der Waals surface area (Å²) in [6.45, 7) is 6.38. The zero-order valence-corrected chi connectivity index (χ0v) is 13.6. The Hall–Kier alpha value is -0.580. The highest BCUT2D eigenvalue weighted by atomic mass is 79.9. The van der Waals surface area contributed by atoms with Crippen LogP contribution in [0.3, 0.4) is 0 Å². The third-order valence-electron chi connectivity index (χ3n) is 2.71. The van der Waals surface area contributed by atoms with Gasteiger partial charge in [-0.3, -0.25) is 0 Å². The lowest BCUT2D eigenvalue weighted by Crippen LogP contribution is -2.08. The molecule has 2 heterocycles. The van der Waals surface area contributed by atoms with E-state index in [-0.39, 0.29) is 6.04 Å². The summed E-state index contributed by atoms with van der Waals surface area (Å²) in [7, 11) is 0. The first-order valence-corrected chi connectivity index (χ1v) is 7.60. The minimum atomic E-state index is 0.195. The summed E-state index contributed by atoms with van der Waals surface area (Å²) < 4.78 is 0.883. The summed E-state index contributed by atoms with van der Waals surface area (Å²) in [5, 5.41) is 3.98. The van der Waals surface area contributed by atoms with E-state index in [0.29, 0.717) is 5.02 Å². The van der Waals surface area contributed by atoms with Crippen molar-refractivity contribution in [1.29, 1.82) is 0 Å². The number of pyridine rings is 1. The van der Waals surface area contributed by atoms with Gasteiger partial charge in [-0.15, -0.1) is 11.3 Å². The van der Waals surface area contributed by atoms with Gasteiger partial charge in [0.25, 0.3) is 0 Å². The minimum Gasteiger partial charge on any atom is -0.362 e. The van der Waals surface area contributed by atoms with Crippen molar-refractivity contribution in [2.24, 2.45) is 0 Å². The lowest BCUT2D eigenvalue weighted by molar-refractivity contribution is 0.871. The van der Waals surface area contributed by atoms with E-state index >= 15 is 0 Å². The Bertz CT molecular complexity index is 568. The molecule has 96 valence electrons. The molecule has 1 unspecified atom stereocenters. The van der Waals surface area contributed by atoms with Gasteiger partial charge < -0.3 is 5.32 Å². The van der Waals surface area contributed by atoms with Crippen molar-refractivity contribution in [1.82, 2.24) is 4.98 Å². The maximum atomic E-state index is 6.15. The molecule has 0 spiro atoms. The summed E-state index contributed by atoms with van der Waals surface area (Å²) in [5.74, 6) is 0.718. The average Bonchev–Trinajstić information content (AvgIpc) is 2.62. The number of rotatable bonds is 3. The molecule has 0 aliphatic rings. The van der Waals surface area contributed by atoms with Crippen LogP contribution in [-0.4, -0.2) is 4.98 Å². The molecule has 2 rings (SSSR count). The zero-order chi connectivity index (χ0) is 13.3. The van der Waals surface area contributed by atoms with Gasteiger partial charge in [-0.05, 0) is 54.4 Å². The Kier molecular flexibility index (Phi) is 4.30. The molecule has 0 bridgehead atoms. The lowest BCUT2D eigenvalue weighted by Gasteiger charge is -2.15. The van der Waals surface area contributed by atoms with Crippen molar-refractivity contribution < 1.29 is 0 Å². The molecule has 2 nitrogen and oxygen atoms in total. The van der Waals surface area contributed by atoms with Crippen molar-refractivity contribution >= 4 is 44.7 Å². The van der Waals surface area contributed by atoms with Gasteiger partial charge in [0.1, 0.15) is 5.82 Å². The second-order valence-corrected chi connectivity index (χ2v) is 7.00. The number of anilines is 1. The highest BCUT2D eigenvalue weighted by Gasteiger charge is 2.13. The van der Waals surface area contributed by atoms with Crippen molar-refractivity contribution in [2.75, 3.05) is 5.32 Å². The van der Waals surface area contributed by atoms with E-state index < -0.39 is 0 Å². The molecule has 0 fully saturated rings. The zero-order valence-electron chi connectivity index (χ0n) is 10.4. The number of hydrogen-bond donors (Lipinski definition) is 1. The maximum absolute atomic E-state index is 6.15. The first-order valence-electron chi connectivity index (χ1n) is 5.62. The largest absolute Gasteiger partial charge is 0.362 e. The van der Waals surface area contributed by atoms with Gasteiger partial charge in [-0.1, -0.05) is 11.6 Å². The van der Waals surface area contributed by atoms with Gasteiger partial charge in [0.05, 0.1) is 11.1 Å². The molecule has 0 aliphatic heterocycles. The molecule has 1 atom stereocenters. The summed E-state index contributed by atoms with van der Waals surface area (Å²) in [6, 6.07) is 4.25. The van der Waals surface area contributed by atoms with Crippen LogP contribution < -0.4 is 5.32 Å². The molecule has 18 heavy (non-hydrogen) atoms. The van der Waals surface area contributed by atoms with Crippen LogP contribution >= 0.6 is 38.9 Å². The van der Waals surface area contributed by atoms with E-state index in [1.807, 2.05) is 17.4 Å². The Morgan fingerprint density at radius 3 is 2.67 bits per heavy atom. The Morgan fingerprint density at radius 2 is 2.11 bits per heavy atom. The first-order chi connectivity index (χ1) is 8.47. The van der Waals surface area contributed by atoms with Gasteiger partial charge in [-0.25, -0.2) is 4.98 Å². The summed E-state index contributed by atoms with van der Waals surface area (Å²) in [5.41, 5.74) is 1.30. The van der Waals surface area contributed by atoms with E-state index in [1.165, 1.54) is 15.3 Å². The first kappa shape index (κ1) is 13.8. The number of aryl methyl sites for hydroxylation is 2. The Morgan fingerprint density at radius 1 is 1.39 bits per heavy atom. The second-order valence-electron chi connectivity index (χ2n) is 4.22.